The molecule has 1 atom stereocenters. The van der Waals surface area contributed by atoms with Gasteiger partial charge in [0.05, 0.1) is 0 Å². The number of halogens is 3. The number of ether oxygens (including phenoxy) is 1. The van der Waals surface area contributed by atoms with Gasteiger partial charge in [0, 0.05) is 25.7 Å². The summed E-state index contributed by atoms with van der Waals surface area (Å²) in [5, 5.41) is 6.54. The molecule has 3 nitrogen and oxygen atoms in total. The van der Waals surface area contributed by atoms with Crippen LogP contribution < -0.4 is 15.4 Å². The molecule has 0 spiro atoms. The highest BCUT2D eigenvalue weighted by Crippen LogP contribution is 2.23. The second-order valence-electron chi connectivity index (χ2n) is 4.25. The number of nitrogens with one attached hydrogen (secondary N) is 2. The zero-order valence-corrected chi connectivity index (χ0v) is 9.76. The van der Waals surface area contributed by atoms with E-state index in [1.807, 2.05) is 0 Å². The van der Waals surface area contributed by atoms with Gasteiger partial charge in [-0.2, -0.15) is 0 Å². The highest BCUT2D eigenvalue weighted by atomic mass is 19.4. The van der Waals surface area contributed by atoms with Crippen molar-refractivity contribution in [3.63, 3.8) is 0 Å². The number of hydrogen-bond donors (Lipinski definition) is 2. The van der Waals surface area contributed by atoms with Gasteiger partial charge in [0.15, 0.2) is 0 Å². The Kier molecular flexibility index (Phi) is 4.08. The van der Waals surface area contributed by atoms with Gasteiger partial charge in [0.25, 0.3) is 0 Å². The van der Waals surface area contributed by atoms with Gasteiger partial charge in [0.2, 0.25) is 0 Å². The lowest BCUT2D eigenvalue weighted by Gasteiger charge is -2.24. The Labute approximate surface area is 103 Å². The molecule has 0 unspecified atom stereocenters. The fraction of sp³-hybridized carbons (Fsp3) is 0.500. The minimum Gasteiger partial charge on any atom is -0.406 e. The van der Waals surface area contributed by atoms with Crippen molar-refractivity contribution in [2.24, 2.45) is 0 Å². The normalized spacial score (nSPS) is 20.7. The van der Waals surface area contributed by atoms with Crippen LogP contribution in [0.2, 0.25) is 0 Å². The Balaban J connectivity index is 1.98. The molecule has 0 radical (unpaired) electrons. The summed E-state index contributed by atoms with van der Waals surface area (Å²) in [4.78, 5) is 0. The molecule has 0 saturated carbocycles. The van der Waals surface area contributed by atoms with E-state index in [0.717, 1.165) is 25.2 Å². The standard InChI is InChI=1S/C12H15F3N2O/c13-12(14,15)18-11-3-1-2-9(7-11)6-10-8-16-4-5-17-10/h1-3,7,10,16-17H,4-6,8H2/t10-/m1/s1. The molecular formula is C12H15F3N2O. The molecule has 100 valence electrons. The Bertz CT molecular complexity index is 389. The second-order valence-corrected chi connectivity index (χ2v) is 4.25. The van der Waals surface area contributed by atoms with Crippen LogP contribution in [0.5, 0.6) is 5.75 Å². The van der Waals surface area contributed by atoms with E-state index in [4.69, 9.17) is 0 Å². The predicted octanol–water partition coefficient (Wildman–Crippen LogP) is 1.69. The number of piperazine rings is 1. The first-order valence-corrected chi connectivity index (χ1v) is 5.82. The highest BCUT2D eigenvalue weighted by Gasteiger charge is 2.31. The van der Waals surface area contributed by atoms with Gasteiger partial charge < -0.3 is 15.4 Å². The van der Waals surface area contributed by atoms with Crippen molar-refractivity contribution in [3.05, 3.63) is 29.8 Å². The summed E-state index contributed by atoms with van der Waals surface area (Å²) >= 11 is 0. The summed E-state index contributed by atoms with van der Waals surface area (Å²) in [6, 6.07) is 6.37. The number of hydrogen-bond acceptors (Lipinski definition) is 3. The average Bonchev–Trinajstić information content (AvgIpc) is 2.28. The van der Waals surface area contributed by atoms with Crippen molar-refractivity contribution in [2.45, 2.75) is 18.8 Å². The lowest BCUT2D eigenvalue weighted by atomic mass is 10.0. The molecular weight excluding hydrogens is 245 g/mol. The number of alkyl halides is 3. The lowest BCUT2D eigenvalue weighted by molar-refractivity contribution is -0.274. The van der Waals surface area contributed by atoms with Crippen molar-refractivity contribution in [1.29, 1.82) is 0 Å². The van der Waals surface area contributed by atoms with Crippen LogP contribution in [0.15, 0.2) is 24.3 Å². The van der Waals surface area contributed by atoms with Crippen molar-refractivity contribution in [2.75, 3.05) is 19.6 Å². The summed E-state index contributed by atoms with van der Waals surface area (Å²) in [5.74, 6) is -0.163. The molecule has 1 fully saturated rings. The molecule has 1 aromatic rings. The Morgan fingerprint density at radius 3 is 2.78 bits per heavy atom. The molecule has 0 amide bonds. The third-order valence-corrected chi connectivity index (χ3v) is 2.74. The van der Waals surface area contributed by atoms with Crippen LogP contribution in [0.3, 0.4) is 0 Å². The van der Waals surface area contributed by atoms with E-state index in [-0.39, 0.29) is 11.8 Å². The lowest BCUT2D eigenvalue weighted by Crippen LogP contribution is -2.49. The molecule has 1 aliphatic heterocycles. The third-order valence-electron chi connectivity index (χ3n) is 2.74. The summed E-state index contributed by atoms with van der Waals surface area (Å²) in [6.07, 6.45) is -3.95. The number of rotatable bonds is 3. The van der Waals surface area contributed by atoms with Crippen LogP contribution in [0.4, 0.5) is 13.2 Å². The van der Waals surface area contributed by atoms with E-state index >= 15 is 0 Å². The van der Waals surface area contributed by atoms with Crippen LogP contribution in [0, 0.1) is 0 Å². The summed E-state index contributed by atoms with van der Waals surface area (Å²) in [7, 11) is 0. The maximum absolute atomic E-state index is 12.1. The van der Waals surface area contributed by atoms with Crippen LogP contribution in [-0.2, 0) is 6.42 Å². The maximum atomic E-state index is 12.1. The summed E-state index contributed by atoms with van der Waals surface area (Å²) < 4.78 is 40.2. The topological polar surface area (TPSA) is 33.3 Å². The van der Waals surface area contributed by atoms with E-state index in [9.17, 15) is 13.2 Å². The van der Waals surface area contributed by atoms with E-state index in [0.29, 0.717) is 6.42 Å². The SMILES string of the molecule is FC(F)(F)Oc1cccc(C[C@@H]2CNCCN2)c1. The van der Waals surface area contributed by atoms with Gasteiger partial charge >= 0.3 is 6.36 Å². The van der Waals surface area contributed by atoms with Crippen molar-refractivity contribution in [1.82, 2.24) is 10.6 Å². The molecule has 1 saturated heterocycles. The fourth-order valence-electron chi connectivity index (χ4n) is 2.01. The largest absolute Gasteiger partial charge is 0.573 e. The van der Waals surface area contributed by atoms with E-state index < -0.39 is 6.36 Å². The van der Waals surface area contributed by atoms with E-state index in [1.165, 1.54) is 12.1 Å². The quantitative estimate of drug-likeness (QED) is 0.867. The predicted molar refractivity (Wildman–Crippen MR) is 61.5 cm³/mol. The highest BCUT2D eigenvalue weighted by molar-refractivity contribution is 5.29. The molecule has 1 heterocycles. The van der Waals surface area contributed by atoms with Crippen LogP contribution >= 0.6 is 0 Å². The van der Waals surface area contributed by atoms with Crippen molar-refractivity contribution < 1.29 is 17.9 Å². The van der Waals surface area contributed by atoms with Gasteiger partial charge in [-0.1, -0.05) is 12.1 Å². The molecule has 0 aromatic heterocycles. The molecule has 18 heavy (non-hydrogen) atoms. The Morgan fingerprint density at radius 1 is 1.28 bits per heavy atom. The zero-order chi connectivity index (χ0) is 13.0. The smallest absolute Gasteiger partial charge is 0.406 e. The molecule has 1 aliphatic rings. The van der Waals surface area contributed by atoms with Gasteiger partial charge in [-0.3, -0.25) is 0 Å². The average molecular weight is 260 g/mol. The first-order valence-electron chi connectivity index (χ1n) is 5.82. The molecule has 2 N–H and O–H groups in total. The first kappa shape index (κ1) is 13.2. The van der Waals surface area contributed by atoms with Gasteiger partial charge in [0.1, 0.15) is 5.75 Å². The van der Waals surface area contributed by atoms with Gasteiger partial charge in [-0.25, -0.2) is 0 Å². The fourth-order valence-corrected chi connectivity index (χ4v) is 2.01. The minimum atomic E-state index is -4.64. The van der Waals surface area contributed by atoms with Crippen LogP contribution in [0.25, 0.3) is 0 Å². The molecule has 0 bridgehead atoms. The van der Waals surface area contributed by atoms with Crippen molar-refractivity contribution >= 4 is 0 Å². The monoisotopic (exact) mass is 260 g/mol. The van der Waals surface area contributed by atoms with Crippen LogP contribution in [-0.4, -0.2) is 32.0 Å². The zero-order valence-electron chi connectivity index (χ0n) is 9.76. The minimum absolute atomic E-state index is 0.163. The second kappa shape index (κ2) is 5.58. The van der Waals surface area contributed by atoms with E-state index in [1.54, 1.807) is 12.1 Å². The molecule has 2 rings (SSSR count). The molecule has 0 aliphatic carbocycles. The van der Waals surface area contributed by atoms with Gasteiger partial charge in [-0.05, 0) is 24.1 Å². The summed E-state index contributed by atoms with van der Waals surface area (Å²) in [5.41, 5.74) is 0.831. The summed E-state index contributed by atoms with van der Waals surface area (Å²) in [6.45, 7) is 2.63. The molecule has 6 heteroatoms. The first-order chi connectivity index (χ1) is 8.53. The van der Waals surface area contributed by atoms with Crippen molar-refractivity contribution in [3.8, 4) is 5.75 Å². The maximum Gasteiger partial charge on any atom is 0.573 e. The molecule has 1 aromatic carbocycles. The Morgan fingerprint density at radius 2 is 2.11 bits per heavy atom. The number of benzene rings is 1. The van der Waals surface area contributed by atoms with Crippen LogP contribution in [0.1, 0.15) is 5.56 Å². The van der Waals surface area contributed by atoms with Gasteiger partial charge in [-0.15, -0.1) is 13.2 Å². The Hall–Kier alpha value is -1.27. The third kappa shape index (κ3) is 4.19. The van der Waals surface area contributed by atoms with E-state index in [2.05, 4.69) is 15.4 Å².